The van der Waals surface area contributed by atoms with E-state index in [4.69, 9.17) is 28.0 Å². The van der Waals surface area contributed by atoms with Crippen molar-refractivity contribution in [3.05, 3.63) is 107 Å². The average molecular weight is 489 g/mol. The highest BCUT2D eigenvalue weighted by Gasteiger charge is 2.61. The van der Waals surface area contributed by atoms with Crippen LogP contribution in [0.4, 0.5) is 11.4 Å². The van der Waals surface area contributed by atoms with Crippen LogP contribution in [0.5, 0.6) is 0 Å². The maximum Gasteiger partial charge on any atom is 0.266 e. The molecule has 0 bridgehead atoms. The molecular formula is C27H18Cl2N2O3. The molecule has 0 aliphatic carbocycles. The zero-order chi connectivity index (χ0) is 23.4. The van der Waals surface area contributed by atoms with Gasteiger partial charge in [-0.3, -0.25) is 14.4 Å². The molecule has 5 nitrogen and oxygen atoms in total. The van der Waals surface area contributed by atoms with Gasteiger partial charge in [0.2, 0.25) is 5.91 Å². The maximum absolute atomic E-state index is 13.9. The quantitative estimate of drug-likeness (QED) is 0.322. The Bertz CT molecular complexity index is 1420. The zero-order valence-corrected chi connectivity index (χ0v) is 19.3. The Morgan fingerprint density at radius 2 is 1.35 bits per heavy atom. The van der Waals surface area contributed by atoms with Crippen molar-refractivity contribution >= 4 is 57.2 Å². The molecule has 168 valence electrons. The van der Waals surface area contributed by atoms with Gasteiger partial charge in [-0.25, -0.2) is 9.96 Å². The van der Waals surface area contributed by atoms with E-state index >= 15 is 0 Å². The van der Waals surface area contributed by atoms with E-state index in [1.54, 1.807) is 23.3 Å². The minimum absolute atomic E-state index is 0.196. The molecular weight excluding hydrogens is 471 g/mol. The number of nitrogens with zero attached hydrogens (tertiary/aromatic N) is 2. The van der Waals surface area contributed by atoms with Crippen molar-refractivity contribution in [1.82, 2.24) is 0 Å². The minimum atomic E-state index is -0.996. The number of anilines is 2. The van der Waals surface area contributed by atoms with Gasteiger partial charge < -0.3 is 0 Å². The number of fused-ring (bicyclic) bond motifs is 2. The van der Waals surface area contributed by atoms with Gasteiger partial charge in [0.15, 0.2) is 6.10 Å². The van der Waals surface area contributed by atoms with Gasteiger partial charge in [-0.2, -0.15) is 0 Å². The molecule has 4 aromatic carbocycles. The van der Waals surface area contributed by atoms with E-state index in [9.17, 15) is 9.59 Å². The van der Waals surface area contributed by atoms with Gasteiger partial charge in [-0.05, 0) is 40.6 Å². The molecule has 34 heavy (non-hydrogen) atoms. The molecule has 2 saturated heterocycles. The summed E-state index contributed by atoms with van der Waals surface area (Å²) in [6.45, 7) is 0. The second-order valence-electron chi connectivity index (χ2n) is 8.31. The first-order valence-corrected chi connectivity index (χ1v) is 11.6. The maximum atomic E-state index is 13.9. The number of amides is 2. The van der Waals surface area contributed by atoms with Crippen LogP contribution in [0.3, 0.4) is 0 Å². The molecule has 7 heteroatoms. The summed E-state index contributed by atoms with van der Waals surface area (Å²) in [4.78, 5) is 34.8. The molecule has 3 atom stereocenters. The Morgan fingerprint density at radius 1 is 0.706 bits per heavy atom. The highest BCUT2D eigenvalue weighted by Crippen LogP contribution is 2.50. The SMILES string of the molecule is O=C1[C@@H]2[C@@H](ON(c3ccccc3)[C@H]2c2cccc3ccccc23)C(=O)N1c1c(Cl)cccc1Cl. The number of hydrogen-bond acceptors (Lipinski definition) is 4. The molecule has 6 rings (SSSR count). The molecule has 0 saturated carbocycles. The number of para-hydroxylation sites is 2. The normalized spacial score (nSPS) is 22.0. The van der Waals surface area contributed by atoms with E-state index in [0.717, 1.165) is 26.9 Å². The number of carbonyl (C=O) groups is 2. The Labute approximate surface area is 206 Å². The third-order valence-corrected chi connectivity index (χ3v) is 7.04. The van der Waals surface area contributed by atoms with E-state index in [2.05, 4.69) is 0 Å². The number of carbonyl (C=O) groups excluding carboxylic acids is 2. The minimum Gasteiger partial charge on any atom is -0.273 e. The summed E-state index contributed by atoms with van der Waals surface area (Å²) in [6.07, 6.45) is -0.996. The lowest BCUT2D eigenvalue weighted by atomic mass is 9.87. The van der Waals surface area contributed by atoms with Crippen molar-refractivity contribution in [2.75, 3.05) is 9.96 Å². The van der Waals surface area contributed by atoms with Crippen LogP contribution in [0.1, 0.15) is 11.6 Å². The van der Waals surface area contributed by atoms with Gasteiger partial charge in [-0.1, -0.05) is 89.9 Å². The molecule has 2 fully saturated rings. The van der Waals surface area contributed by atoms with Gasteiger partial charge in [0.1, 0.15) is 5.92 Å². The molecule has 0 aromatic heterocycles. The summed E-state index contributed by atoms with van der Waals surface area (Å²) in [6, 6.07) is 27.8. The highest BCUT2D eigenvalue weighted by atomic mass is 35.5. The Kier molecular flexibility index (Phi) is 5.06. The zero-order valence-electron chi connectivity index (χ0n) is 17.8. The lowest BCUT2D eigenvalue weighted by Gasteiger charge is -2.29. The number of hydroxylamine groups is 1. The Hall–Kier alpha value is -3.38. The van der Waals surface area contributed by atoms with Crippen LogP contribution >= 0.6 is 23.2 Å². The van der Waals surface area contributed by atoms with Crippen molar-refractivity contribution in [1.29, 1.82) is 0 Å². The molecule has 0 N–H and O–H groups in total. The average Bonchev–Trinajstić information content (AvgIpc) is 3.36. The summed E-state index contributed by atoms with van der Waals surface area (Å²) >= 11 is 12.7. The van der Waals surface area contributed by atoms with Crippen LogP contribution in [-0.2, 0) is 14.4 Å². The van der Waals surface area contributed by atoms with Gasteiger partial charge >= 0.3 is 0 Å². The van der Waals surface area contributed by atoms with E-state index in [1.165, 1.54) is 0 Å². The third-order valence-electron chi connectivity index (χ3n) is 6.43. The van der Waals surface area contributed by atoms with Crippen LogP contribution in [0.15, 0.2) is 91.0 Å². The van der Waals surface area contributed by atoms with E-state index in [1.807, 2.05) is 72.8 Å². The first-order valence-electron chi connectivity index (χ1n) is 10.9. The van der Waals surface area contributed by atoms with Crippen LogP contribution in [0.2, 0.25) is 10.0 Å². The molecule has 2 heterocycles. The molecule has 2 aliphatic heterocycles. The molecule has 2 amide bonds. The van der Waals surface area contributed by atoms with Crippen molar-refractivity contribution in [2.45, 2.75) is 12.1 Å². The highest BCUT2D eigenvalue weighted by molar-refractivity contribution is 6.42. The first kappa shape index (κ1) is 21.2. The first-order chi connectivity index (χ1) is 16.6. The lowest BCUT2D eigenvalue weighted by Crippen LogP contribution is -2.37. The predicted octanol–water partition coefficient (Wildman–Crippen LogP) is 6.20. The molecule has 0 unspecified atom stereocenters. The fourth-order valence-corrected chi connectivity index (χ4v) is 5.53. The Morgan fingerprint density at radius 3 is 2.12 bits per heavy atom. The van der Waals surface area contributed by atoms with Gasteiger partial charge in [0.05, 0.1) is 27.5 Å². The van der Waals surface area contributed by atoms with Gasteiger partial charge in [0.25, 0.3) is 5.91 Å². The van der Waals surface area contributed by atoms with E-state index < -0.39 is 24.0 Å². The van der Waals surface area contributed by atoms with E-state index in [-0.39, 0.29) is 21.6 Å². The summed E-state index contributed by atoms with van der Waals surface area (Å²) in [5.41, 5.74) is 1.86. The number of rotatable bonds is 3. The lowest BCUT2D eigenvalue weighted by molar-refractivity contribution is -0.126. The smallest absolute Gasteiger partial charge is 0.266 e. The number of halogens is 2. The van der Waals surface area contributed by atoms with Crippen molar-refractivity contribution in [3.63, 3.8) is 0 Å². The van der Waals surface area contributed by atoms with E-state index in [0.29, 0.717) is 0 Å². The Balaban J connectivity index is 1.53. The molecule has 2 aliphatic rings. The summed E-state index contributed by atoms with van der Waals surface area (Å²) in [7, 11) is 0. The molecule has 0 spiro atoms. The van der Waals surface area contributed by atoms with Crippen LogP contribution < -0.4 is 9.96 Å². The second-order valence-corrected chi connectivity index (χ2v) is 9.12. The molecule has 4 aromatic rings. The van der Waals surface area contributed by atoms with Gasteiger partial charge in [-0.15, -0.1) is 0 Å². The fraction of sp³-hybridized carbons (Fsp3) is 0.111. The predicted molar refractivity (Wildman–Crippen MR) is 133 cm³/mol. The van der Waals surface area contributed by atoms with Crippen molar-refractivity contribution in [2.24, 2.45) is 5.92 Å². The number of imide groups is 1. The van der Waals surface area contributed by atoms with Crippen molar-refractivity contribution in [3.8, 4) is 0 Å². The van der Waals surface area contributed by atoms with Crippen LogP contribution in [0.25, 0.3) is 10.8 Å². The van der Waals surface area contributed by atoms with Crippen LogP contribution in [-0.4, -0.2) is 17.9 Å². The fourth-order valence-electron chi connectivity index (χ4n) is 4.96. The number of benzene rings is 4. The summed E-state index contributed by atoms with van der Waals surface area (Å²) in [5, 5.41) is 4.19. The standard InChI is InChI=1S/C27H18Cl2N2O3/c28-20-14-7-15-21(29)24(20)30-26(32)22-23(19-13-6-9-16-8-4-5-12-18(16)19)31(34-25(22)27(30)33)17-10-2-1-3-11-17/h1-15,22-23,25H/t22-,23-,25+/m0/s1. The number of hydrogen-bond donors (Lipinski definition) is 0. The molecule has 0 radical (unpaired) electrons. The van der Waals surface area contributed by atoms with Crippen LogP contribution in [0, 0.1) is 5.92 Å². The summed E-state index contributed by atoms with van der Waals surface area (Å²) in [5.74, 6) is -1.64. The third kappa shape index (κ3) is 3.12. The monoisotopic (exact) mass is 488 g/mol. The largest absolute Gasteiger partial charge is 0.273 e. The van der Waals surface area contributed by atoms with Gasteiger partial charge in [0, 0.05) is 0 Å². The van der Waals surface area contributed by atoms with Crippen molar-refractivity contribution < 1.29 is 14.4 Å². The summed E-state index contributed by atoms with van der Waals surface area (Å²) < 4.78 is 0. The second kappa shape index (κ2) is 8.13. The topological polar surface area (TPSA) is 49.9 Å².